The molecular formula is C6H7FO4. The van der Waals surface area contributed by atoms with Crippen molar-refractivity contribution >= 4 is 5.97 Å². The summed E-state index contributed by atoms with van der Waals surface area (Å²) in [5.74, 6) is -0.932. The van der Waals surface area contributed by atoms with Gasteiger partial charge in [0, 0.05) is 0 Å². The average molecular weight is 162 g/mol. The third-order valence-corrected chi connectivity index (χ3v) is 1.93. The van der Waals surface area contributed by atoms with Crippen molar-refractivity contribution < 1.29 is 23.8 Å². The minimum atomic E-state index is -1.72. The molecule has 2 saturated heterocycles. The topological polar surface area (TPSA) is 55.8 Å². The zero-order chi connectivity index (χ0) is 8.01. The van der Waals surface area contributed by atoms with Crippen LogP contribution in [-0.2, 0) is 14.3 Å². The Kier molecular flexibility index (Phi) is 1.37. The number of halogens is 1. The molecule has 2 heterocycles. The predicted octanol–water partition coefficient (Wildman–Crippen LogP) is -0.990. The number of hydrogen-bond donors (Lipinski definition) is 1. The van der Waals surface area contributed by atoms with Crippen molar-refractivity contribution in [1.82, 2.24) is 0 Å². The standard InChI is InChI=1S/C6H7FO4/c7-3-5-4(11-6(3)9)2(8)1-10-5/h2-5,8H,1H2/t2-,3-,4-,5-/m1/s1. The van der Waals surface area contributed by atoms with Gasteiger partial charge in [-0.25, -0.2) is 9.18 Å². The smallest absolute Gasteiger partial charge is 0.344 e. The maximum absolute atomic E-state index is 12.7. The molecule has 0 saturated carbocycles. The number of carbonyl (C=O) groups is 1. The van der Waals surface area contributed by atoms with E-state index in [2.05, 4.69) is 4.74 Å². The number of aliphatic hydroxyl groups is 1. The molecule has 2 fully saturated rings. The van der Waals surface area contributed by atoms with Crippen LogP contribution in [0.15, 0.2) is 0 Å². The van der Waals surface area contributed by atoms with E-state index < -0.39 is 30.5 Å². The highest BCUT2D eigenvalue weighted by Crippen LogP contribution is 2.29. The number of ether oxygens (including phenoxy) is 2. The zero-order valence-corrected chi connectivity index (χ0v) is 5.57. The predicted molar refractivity (Wildman–Crippen MR) is 30.5 cm³/mol. The third kappa shape index (κ3) is 0.844. The summed E-state index contributed by atoms with van der Waals surface area (Å²) in [6.07, 6.45) is -4.28. The van der Waals surface area contributed by atoms with E-state index in [9.17, 15) is 9.18 Å². The van der Waals surface area contributed by atoms with Crippen molar-refractivity contribution in [2.24, 2.45) is 0 Å². The van der Waals surface area contributed by atoms with Gasteiger partial charge in [0.15, 0.2) is 6.10 Å². The first kappa shape index (κ1) is 7.00. The molecule has 0 bridgehead atoms. The van der Waals surface area contributed by atoms with Crippen molar-refractivity contribution in [3.8, 4) is 0 Å². The second-order valence-electron chi connectivity index (χ2n) is 2.67. The Morgan fingerprint density at radius 2 is 2.27 bits per heavy atom. The number of rotatable bonds is 0. The molecule has 0 amide bonds. The van der Waals surface area contributed by atoms with Crippen LogP contribution >= 0.6 is 0 Å². The lowest BCUT2D eigenvalue weighted by Gasteiger charge is -2.07. The largest absolute Gasteiger partial charge is 0.454 e. The van der Waals surface area contributed by atoms with Gasteiger partial charge < -0.3 is 14.6 Å². The number of esters is 1. The highest BCUT2D eigenvalue weighted by molar-refractivity contribution is 5.78. The van der Waals surface area contributed by atoms with Crippen LogP contribution in [0.25, 0.3) is 0 Å². The first-order valence-electron chi connectivity index (χ1n) is 3.34. The lowest BCUT2D eigenvalue weighted by Crippen LogP contribution is -2.29. The SMILES string of the molecule is O=C1O[C@H]2[C@H](OC[C@H]2O)[C@H]1F. The summed E-state index contributed by atoms with van der Waals surface area (Å²) in [6.45, 7) is 0.0447. The fraction of sp³-hybridized carbons (Fsp3) is 0.833. The fourth-order valence-corrected chi connectivity index (χ4v) is 1.35. The summed E-state index contributed by atoms with van der Waals surface area (Å²) in [7, 11) is 0. The number of aliphatic hydroxyl groups excluding tert-OH is 1. The first-order chi connectivity index (χ1) is 5.20. The van der Waals surface area contributed by atoms with Crippen molar-refractivity contribution in [3.05, 3.63) is 0 Å². The molecule has 5 heteroatoms. The summed E-state index contributed by atoms with van der Waals surface area (Å²) in [5.41, 5.74) is 0. The number of hydrogen-bond acceptors (Lipinski definition) is 4. The Morgan fingerprint density at radius 1 is 1.55 bits per heavy atom. The van der Waals surface area contributed by atoms with Gasteiger partial charge in [0.2, 0.25) is 6.17 Å². The van der Waals surface area contributed by atoms with Gasteiger partial charge in [-0.15, -0.1) is 0 Å². The molecule has 4 nitrogen and oxygen atoms in total. The normalized spacial score (nSPS) is 49.1. The molecule has 0 aromatic heterocycles. The van der Waals surface area contributed by atoms with Crippen LogP contribution < -0.4 is 0 Å². The summed E-state index contributed by atoms with van der Waals surface area (Å²) in [5, 5.41) is 9.07. The van der Waals surface area contributed by atoms with Crippen molar-refractivity contribution in [2.45, 2.75) is 24.5 Å². The Labute approximate surface area is 61.9 Å². The van der Waals surface area contributed by atoms with Crippen LogP contribution in [0.2, 0.25) is 0 Å². The van der Waals surface area contributed by atoms with Gasteiger partial charge in [-0.2, -0.15) is 0 Å². The minimum Gasteiger partial charge on any atom is -0.454 e. The highest BCUT2D eigenvalue weighted by atomic mass is 19.1. The van der Waals surface area contributed by atoms with Crippen molar-refractivity contribution in [3.63, 3.8) is 0 Å². The summed E-state index contributed by atoms with van der Waals surface area (Å²) < 4.78 is 22.1. The molecule has 4 atom stereocenters. The van der Waals surface area contributed by atoms with Gasteiger partial charge in [-0.3, -0.25) is 0 Å². The van der Waals surface area contributed by atoms with Gasteiger partial charge >= 0.3 is 5.97 Å². The van der Waals surface area contributed by atoms with Crippen LogP contribution in [0.5, 0.6) is 0 Å². The molecule has 2 aliphatic rings. The molecule has 0 aromatic rings. The summed E-state index contributed by atoms with van der Waals surface area (Å²) >= 11 is 0. The van der Waals surface area contributed by atoms with Crippen molar-refractivity contribution in [2.75, 3.05) is 6.61 Å². The highest BCUT2D eigenvalue weighted by Gasteiger charge is 2.53. The molecule has 0 radical (unpaired) electrons. The third-order valence-electron chi connectivity index (χ3n) is 1.93. The molecular weight excluding hydrogens is 155 g/mol. The van der Waals surface area contributed by atoms with E-state index in [0.717, 1.165) is 0 Å². The van der Waals surface area contributed by atoms with E-state index in [1.807, 2.05) is 0 Å². The van der Waals surface area contributed by atoms with E-state index in [0.29, 0.717) is 0 Å². The van der Waals surface area contributed by atoms with Crippen LogP contribution in [0.4, 0.5) is 4.39 Å². The lowest BCUT2D eigenvalue weighted by atomic mass is 10.1. The molecule has 62 valence electrons. The maximum atomic E-state index is 12.7. The number of alkyl halides is 1. The van der Waals surface area contributed by atoms with Gasteiger partial charge in [-0.1, -0.05) is 0 Å². The van der Waals surface area contributed by atoms with Crippen LogP contribution in [0.1, 0.15) is 0 Å². The zero-order valence-electron chi connectivity index (χ0n) is 5.57. The Morgan fingerprint density at radius 3 is 2.91 bits per heavy atom. The van der Waals surface area contributed by atoms with Gasteiger partial charge in [0.25, 0.3) is 0 Å². The van der Waals surface area contributed by atoms with E-state index in [1.165, 1.54) is 0 Å². The average Bonchev–Trinajstić information content (AvgIpc) is 2.43. The summed E-state index contributed by atoms with van der Waals surface area (Å²) in [6, 6.07) is 0. The second kappa shape index (κ2) is 2.15. The van der Waals surface area contributed by atoms with Crippen molar-refractivity contribution in [1.29, 1.82) is 0 Å². The van der Waals surface area contributed by atoms with Crippen LogP contribution in [0, 0.1) is 0 Å². The van der Waals surface area contributed by atoms with E-state index >= 15 is 0 Å². The van der Waals surface area contributed by atoms with Crippen LogP contribution in [0.3, 0.4) is 0 Å². The molecule has 11 heavy (non-hydrogen) atoms. The van der Waals surface area contributed by atoms with Crippen LogP contribution in [-0.4, -0.2) is 42.2 Å². The first-order valence-corrected chi connectivity index (χ1v) is 3.34. The molecule has 0 aromatic carbocycles. The second-order valence-corrected chi connectivity index (χ2v) is 2.67. The quantitative estimate of drug-likeness (QED) is 0.464. The van der Waals surface area contributed by atoms with E-state index in [-0.39, 0.29) is 6.61 Å². The molecule has 2 aliphatic heterocycles. The van der Waals surface area contributed by atoms with E-state index in [1.54, 1.807) is 0 Å². The minimum absolute atomic E-state index is 0.0447. The van der Waals surface area contributed by atoms with Gasteiger partial charge in [-0.05, 0) is 0 Å². The number of fused-ring (bicyclic) bond motifs is 1. The van der Waals surface area contributed by atoms with Gasteiger partial charge in [0.1, 0.15) is 12.2 Å². The maximum Gasteiger partial charge on any atom is 0.344 e. The lowest BCUT2D eigenvalue weighted by molar-refractivity contribution is -0.148. The monoisotopic (exact) mass is 162 g/mol. The molecule has 1 N–H and O–H groups in total. The van der Waals surface area contributed by atoms with Gasteiger partial charge in [0.05, 0.1) is 6.61 Å². The Bertz CT molecular complexity index is 195. The fourth-order valence-electron chi connectivity index (χ4n) is 1.35. The summed E-state index contributed by atoms with van der Waals surface area (Å²) in [4.78, 5) is 10.5. The molecule has 0 unspecified atom stereocenters. The Hall–Kier alpha value is -0.680. The number of carbonyl (C=O) groups excluding carboxylic acids is 1. The molecule has 0 spiro atoms. The molecule has 2 rings (SSSR count). The molecule has 0 aliphatic carbocycles. The van der Waals surface area contributed by atoms with E-state index in [4.69, 9.17) is 9.84 Å². The Balaban J connectivity index is 2.18.